The van der Waals surface area contributed by atoms with Crippen molar-refractivity contribution in [3.05, 3.63) is 29.3 Å². The van der Waals surface area contributed by atoms with Crippen LogP contribution in [0.15, 0.2) is 23.1 Å². The molecule has 0 amide bonds. The van der Waals surface area contributed by atoms with E-state index in [4.69, 9.17) is 4.74 Å². The van der Waals surface area contributed by atoms with Crippen LogP contribution in [0.1, 0.15) is 34.6 Å². The van der Waals surface area contributed by atoms with Crippen molar-refractivity contribution in [1.29, 1.82) is 0 Å². The first-order valence-corrected chi connectivity index (χ1v) is 6.48. The van der Waals surface area contributed by atoms with Crippen molar-refractivity contribution in [2.75, 3.05) is 6.61 Å². The van der Waals surface area contributed by atoms with Crippen LogP contribution in [-0.4, -0.2) is 18.4 Å². The minimum Gasteiger partial charge on any atom is -0.462 e. The third-order valence-electron chi connectivity index (χ3n) is 2.17. The van der Waals surface area contributed by atoms with Gasteiger partial charge in [0, 0.05) is 4.90 Å². The summed E-state index contributed by atoms with van der Waals surface area (Å²) < 4.78 is 4.88. The molecule has 0 aromatic heterocycles. The van der Waals surface area contributed by atoms with E-state index in [1.165, 1.54) is 6.92 Å². The molecule has 1 atom stereocenters. The van der Waals surface area contributed by atoms with Crippen molar-refractivity contribution in [3.8, 4) is 0 Å². The largest absolute Gasteiger partial charge is 0.462 e. The van der Waals surface area contributed by atoms with Crippen LogP contribution < -0.4 is 0 Å². The van der Waals surface area contributed by atoms with Crippen molar-refractivity contribution >= 4 is 40.3 Å². The number of rotatable bonds is 4. The highest BCUT2D eigenvalue weighted by atomic mass is 79.9. The zero-order chi connectivity index (χ0) is 13.0. The predicted octanol–water partition coefficient (Wildman–Crippen LogP) is 3.18. The quantitative estimate of drug-likeness (QED) is 0.527. The number of ketones is 1. The second-order valence-corrected chi connectivity index (χ2v) is 4.86. The van der Waals surface area contributed by atoms with Gasteiger partial charge in [0.05, 0.1) is 17.0 Å². The Labute approximate surface area is 114 Å². The Kier molecular flexibility index (Phi) is 5.21. The van der Waals surface area contributed by atoms with Gasteiger partial charge in [0.1, 0.15) is 5.78 Å². The molecule has 3 nitrogen and oxygen atoms in total. The monoisotopic (exact) mass is 316 g/mol. The molecular formula is C12H13BrO3S. The van der Waals surface area contributed by atoms with Crippen LogP contribution in [0.5, 0.6) is 0 Å². The van der Waals surface area contributed by atoms with E-state index in [1.54, 1.807) is 25.1 Å². The standard InChI is InChI=1S/C12H13BrO3S/c1-3-16-12(15)8-4-5-9(10(17)6-8)11(13)7(2)14/h4-6,11,17H,3H2,1-2H3. The Hall–Kier alpha value is -0.810. The molecule has 0 saturated carbocycles. The van der Waals surface area contributed by atoms with Gasteiger partial charge >= 0.3 is 5.97 Å². The van der Waals surface area contributed by atoms with Crippen molar-refractivity contribution in [2.45, 2.75) is 23.6 Å². The predicted molar refractivity (Wildman–Crippen MR) is 72.0 cm³/mol. The molecule has 1 aromatic carbocycles. The maximum Gasteiger partial charge on any atom is 0.338 e. The van der Waals surface area contributed by atoms with Crippen molar-refractivity contribution in [3.63, 3.8) is 0 Å². The summed E-state index contributed by atoms with van der Waals surface area (Å²) in [5.74, 6) is -0.396. The molecule has 92 valence electrons. The smallest absolute Gasteiger partial charge is 0.338 e. The van der Waals surface area contributed by atoms with Gasteiger partial charge in [-0.05, 0) is 31.5 Å². The summed E-state index contributed by atoms with van der Waals surface area (Å²) in [6.45, 7) is 3.57. The topological polar surface area (TPSA) is 43.4 Å². The first-order valence-electron chi connectivity index (χ1n) is 5.12. The second-order valence-electron chi connectivity index (χ2n) is 3.47. The number of hydrogen-bond donors (Lipinski definition) is 1. The molecule has 1 aromatic rings. The lowest BCUT2D eigenvalue weighted by Crippen LogP contribution is -2.07. The highest BCUT2D eigenvalue weighted by molar-refractivity contribution is 9.09. The number of alkyl halides is 1. The average Bonchev–Trinajstić information content (AvgIpc) is 2.28. The Bertz CT molecular complexity index is 445. The second kappa shape index (κ2) is 6.21. The molecule has 0 radical (unpaired) electrons. The summed E-state index contributed by atoms with van der Waals surface area (Å²) in [6, 6.07) is 4.94. The van der Waals surface area contributed by atoms with Gasteiger partial charge in [-0.3, -0.25) is 4.79 Å². The number of carbonyl (C=O) groups is 2. The van der Waals surface area contributed by atoms with E-state index in [-0.39, 0.29) is 11.8 Å². The van der Waals surface area contributed by atoms with Crippen molar-refractivity contribution in [2.24, 2.45) is 0 Å². The number of hydrogen-bond acceptors (Lipinski definition) is 4. The summed E-state index contributed by atoms with van der Waals surface area (Å²) in [7, 11) is 0. The molecule has 0 aliphatic heterocycles. The van der Waals surface area contributed by atoms with Crippen LogP contribution >= 0.6 is 28.6 Å². The molecule has 0 N–H and O–H groups in total. The third-order valence-corrected chi connectivity index (χ3v) is 3.70. The molecule has 0 bridgehead atoms. The molecule has 0 saturated heterocycles. The Morgan fingerprint density at radius 1 is 1.47 bits per heavy atom. The number of thiol groups is 1. The maximum absolute atomic E-state index is 11.5. The normalized spacial score (nSPS) is 12.0. The first-order chi connectivity index (χ1) is 7.97. The molecule has 1 rings (SSSR count). The van der Waals surface area contributed by atoms with Crippen molar-refractivity contribution < 1.29 is 14.3 Å². The highest BCUT2D eigenvalue weighted by Gasteiger charge is 2.17. The van der Waals surface area contributed by atoms with Crippen LogP contribution in [0.4, 0.5) is 0 Å². The average molecular weight is 317 g/mol. The Morgan fingerprint density at radius 2 is 2.12 bits per heavy atom. The lowest BCUT2D eigenvalue weighted by atomic mass is 10.1. The molecule has 17 heavy (non-hydrogen) atoms. The van der Waals surface area contributed by atoms with Gasteiger partial charge in [-0.15, -0.1) is 12.6 Å². The SMILES string of the molecule is CCOC(=O)c1ccc(C(Br)C(C)=O)c(S)c1. The Morgan fingerprint density at radius 3 is 2.59 bits per heavy atom. The Balaban J connectivity index is 3.01. The summed E-state index contributed by atoms with van der Waals surface area (Å²) in [5, 5.41) is 0. The minimum atomic E-state index is -0.397. The lowest BCUT2D eigenvalue weighted by molar-refractivity contribution is -0.116. The number of esters is 1. The number of halogens is 1. The van der Waals surface area contributed by atoms with E-state index in [1.807, 2.05) is 0 Å². The fourth-order valence-electron chi connectivity index (χ4n) is 1.32. The molecule has 0 aliphatic carbocycles. The van der Waals surface area contributed by atoms with Crippen LogP contribution in [0, 0.1) is 0 Å². The molecular weight excluding hydrogens is 304 g/mol. The van der Waals surface area contributed by atoms with Crippen LogP contribution in [0.2, 0.25) is 0 Å². The van der Waals surface area contributed by atoms with E-state index in [0.29, 0.717) is 17.1 Å². The van der Waals surface area contributed by atoms with Crippen LogP contribution in [0.25, 0.3) is 0 Å². The number of carbonyl (C=O) groups excluding carboxylic acids is 2. The fourth-order valence-corrected chi connectivity index (χ4v) is 2.24. The molecule has 0 fully saturated rings. The van der Waals surface area contributed by atoms with Crippen LogP contribution in [-0.2, 0) is 9.53 Å². The zero-order valence-electron chi connectivity index (χ0n) is 9.57. The van der Waals surface area contributed by atoms with Gasteiger partial charge in [0.25, 0.3) is 0 Å². The minimum absolute atomic E-state index is 0.0100. The van der Waals surface area contributed by atoms with Gasteiger partial charge in [0.2, 0.25) is 0 Å². The molecule has 0 spiro atoms. The van der Waals surface area contributed by atoms with Crippen LogP contribution in [0.3, 0.4) is 0 Å². The van der Waals surface area contributed by atoms with Gasteiger partial charge in [0.15, 0.2) is 0 Å². The number of ether oxygens (including phenoxy) is 1. The number of Topliss-reactive ketones (excluding diaryl/α,β-unsaturated/α-hetero) is 1. The summed E-state index contributed by atoms with van der Waals surface area (Å²) >= 11 is 7.55. The van der Waals surface area contributed by atoms with Crippen molar-refractivity contribution in [1.82, 2.24) is 0 Å². The third kappa shape index (κ3) is 3.57. The summed E-state index contributed by atoms with van der Waals surface area (Å²) in [6.07, 6.45) is 0. The maximum atomic E-state index is 11.5. The lowest BCUT2D eigenvalue weighted by Gasteiger charge is -2.10. The zero-order valence-corrected chi connectivity index (χ0v) is 12.0. The van der Waals surface area contributed by atoms with Gasteiger partial charge in [-0.2, -0.15) is 0 Å². The number of benzene rings is 1. The summed E-state index contributed by atoms with van der Waals surface area (Å²) in [5.41, 5.74) is 1.18. The highest BCUT2D eigenvalue weighted by Crippen LogP contribution is 2.29. The molecule has 0 heterocycles. The fraction of sp³-hybridized carbons (Fsp3) is 0.333. The molecule has 0 aliphatic rings. The van der Waals surface area contributed by atoms with E-state index >= 15 is 0 Å². The van der Waals surface area contributed by atoms with E-state index in [9.17, 15) is 9.59 Å². The van der Waals surface area contributed by atoms with E-state index in [0.717, 1.165) is 5.56 Å². The van der Waals surface area contributed by atoms with E-state index < -0.39 is 4.83 Å². The van der Waals surface area contributed by atoms with E-state index in [2.05, 4.69) is 28.6 Å². The molecule has 1 unspecified atom stereocenters. The molecule has 5 heteroatoms. The first kappa shape index (κ1) is 14.3. The van der Waals surface area contributed by atoms with Gasteiger partial charge in [-0.1, -0.05) is 22.0 Å². The summed E-state index contributed by atoms with van der Waals surface area (Å²) in [4.78, 5) is 22.9. The van der Waals surface area contributed by atoms with Gasteiger partial charge < -0.3 is 4.74 Å². The van der Waals surface area contributed by atoms with Gasteiger partial charge in [-0.25, -0.2) is 4.79 Å².